The molecule has 2 aromatic heterocycles. The molecular formula is C19H22N4O. The summed E-state index contributed by atoms with van der Waals surface area (Å²) in [7, 11) is 0. The second-order valence-electron chi connectivity index (χ2n) is 6.93. The van der Waals surface area contributed by atoms with Gasteiger partial charge in [-0.3, -0.25) is 9.78 Å². The van der Waals surface area contributed by atoms with Crippen molar-refractivity contribution in [2.24, 2.45) is 5.92 Å². The van der Waals surface area contributed by atoms with Crippen LogP contribution in [0.3, 0.4) is 0 Å². The third-order valence-corrected chi connectivity index (χ3v) is 4.91. The maximum absolute atomic E-state index is 12.7. The first kappa shape index (κ1) is 15.2. The van der Waals surface area contributed by atoms with Crippen LogP contribution < -0.4 is 0 Å². The van der Waals surface area contributed by atoms with Crippen molar-refractivity contribution in [3.63, 3.8) is 0 Å². The number of nitrogens with zero attached hydrogens (tertiary/aromatic N) is 4. The van der Waals surface area contributed by atoms with E-state index in [0.29, 0.717) is 17.4 Å². The molecule has 5 nitrogen and oxygen atoms in total. The van der Waals surface area contributed by atoms with Crippen molar-refractivity contribution in [2.45, 2.75) is 38.0 Å². The molecular weight excluding hydrogens is 300 g/mol. The first-order valence-electron chi connectivity index (χ1n) is 8.80. The maximum atomic E-state index is 12.7. The van der Waals surface area contributed by atoms with E-state index in [1.807, 2.05) is 17.2 Å². The van der Waals surface area contributed by atoms with Crippen molar-refractivity contribution < 1.29 is 4.79 Å². The van der Waals surface area contributed by atoms with Crippen molar-refractivity contribution in [1.29, 1.82) is 0 Å². The zero-order chi connectivity index (χ0) is 16.4. The van der Waals surface area contributed by atoms with Gasteiger partial charge >= 0.3 is 0 Å². The minimum Gasteiger partial charge on any atom is -0.338 e. The number of rotatable bonds is 4. The van der Waals surface area contributed by atoms with Crippen LogP contribution in [0.25, 0.3) is 0 Å². The van der Waals surface area contributed by atoms with E-state index in [2.05, 4.69) is 21.0 Å². The predicted octanol–water partition coefficient (Wildman–Crippen LogP) is 2.84. The van der Waals surface area contributed by atoms with Crippen molar-refractivity contribution in [3.05, 3.63) is 53.9 Å². The van der Waals surface area contributed by atoms with Crippen molar-refractivity contribution in [2.75, 3.05) is 13.1 Å². The topological polar surface area (TPSA) is 59.0 Å². The summed E-state index contributed by atoms with van der Waals surface area (Å²) in [5.41, 5.74) is 1.86. The number of amides is 1. The fourth-order valence-corrected chi connectivity index (χ4v) is 3.45. The third kappa shape index (κ3) is 3.45. The summed E-state index contributed by atoms with van der Waals surface area (Å²) in [4.78, 5) is 27.6. The number of hydrogen-bond donors (Lipinski definition) is 0. The lowest BCUT2D eigenvalue weighted by atomic mass is 9.91. The van der Waals surface area contributed by atoms with Gasteiger partial charge in [0, 0.05) is 43.8 Å². The normalized spacial score (nSPS) is 20.8. The van der Waals surface area contributed by atoms with Gasteiger partial charge in [-0.1, -0.05) is 6.07 Å². The molecule has 5 heteroatoms. The highest BCUT2D eigenvalue weighted by molar-refractivity contribution is 5.93. The van der Waals surface area contributed by atoms with E-state index in [0.717, 1.165) is 38.2 Å². The van der Waals surface area contributed by atoms with Gasteiger partial charge < -0.3 is 4.90 Å². The van der Waals surface area contributed by atoms with E-state index >= 15 is 0 Å². The fraction of sp³-hybridized carbons (Fsp3) is 0.474. The Morgan fingerprint density at radius 3 is 2.71 bits per heavy atom. The van der Waals surface area contributed by atoms with Crippen LogP contribution in [-0.4, -0.2) is 38.8 Å². The molecule has 3 heterocycles. The van der Waals surface area contributed by atoms with Gasteiger partial charge in [0.15, 0.2) is 0 Å². The number of hydrogen-bond acceptors (Lipinski definition) is 4. The van der Waals surface area contributed by atoms with Crippen LogP contribution in [0.1, 0.15) is 53.3 Å². The minimum absolute atomic E-state index is 0.0632. The summed E-state index contributed by atoms with van der Waals surface area (Å²) in [6.45, 7) is 1.63. The standard InChI is InChI=1S/C19H22N4O/c24-19(17-11-21-18(22-12-17)16-5-6-16)23-8-2-4-15(13-23)9-14-3-1-7-20-10-14/h1,3,7,10-12,15-16H,2,4-6,8-9,13H2/t15-/m1/s1. The molecule has 0 bridgehead atoms. The highest BCUT2D eigenvalue weighted by Crippen LogP contribution is 2.37. The quantitative estimate of drug-likeness (QED) is 0.868. The SMILES string of the molecule is O=C(c1cnc(C2CC2)nc1)N1CCC[C@H](Cc2cccnc2)C1. The van der Waals surface area contributed by atoms with Crippen molar-refractivity contribution >= 4 is 5.91 Å². The Balaban J connectivity index is 1.40. The van der Waals surface area contributed by atoms with E-state index in [9.17, 15) is 4.79 Å². The number of likely N-dealkylation sites (tertiary alicyclic amines) is 1. The number of carbonyl (C=O) groups excluding carboxylic acids is 1. The highest BCUT2D eigenvalue weighted by atomic mass is 16.2. The average Bonchev–Trinajstić information content (AvgIpc) is 3.48. The Morgan fingerprint density at radius 1 is 1.17 bits per heavy atom. The molecule has 1 saturated carbocycles. The maximum Gasteiger partial charge on any atom is 0.256 e. The minimum atomic E-state index is 0.0632. The van der Waals surface area contributed by atoms with Crippen LogP contribution in [-0.2, 0) is 6.42 Å². The predicted molar refractivity (Wildman–Crippen MR) is 90.6 cm³/mol. The molecule has 1 atom stereocenters. The Hall–Kier alpha value is -2.30. The number of carbonyl (C=O) groups is 1. The van der Waals surface area contributed by atoms with Gasteiger partial charge in [0.05, 0.1) is 5.56 Å². The zero-order valence-electron chi connectivity index (χ0n) is 13.8. The molecule has 1 amide bonds. The molecule has 24 heavy (non-hydrogen) atoms. The van der Waals surface area contributed by atoms with Crippen LogP contribution in [0.5, 0.6) is 0 Å². The van der Waals surface area contributed by atoms with E-state index in [1.54, 1.807) is 18.6 Å². The van der Waals surface area contributed by atoms with Crippen LogP contribution in [0, 0.1) is 5.92 Å². The molecule has 0 aromatic carbocycles. The summed E-state index contributed by atoms with van der Waals surface area (Å²) < 4.78 is 0. The van der Waals surface area contributed by atoms with Crippen molar-refractivity contribution in [1.82, 2.24) is 19.9 Å². The number of aromatic nitrogens is 3. The highest BCUT2D eigenvalue weighted by Gasteiger charge is 2.28. The van der Waals surface area contributed by atoms with Gasteiger partial charge in [-0.15, -0.1) is 0 Å². The molecule has 0 spiro atoms. The van der Waals surface area contributed by atoms with Crippen LogP contribution in [0.2, 0.25) is 0 Å². The molecule has 2 aliphatic rings. The van der Waals surface area contributed by atoms with E-state index < -0.39 is 0 Å². The molecule has 0 N–H and O–H groups in total. The Labute approximate surface area is 142 Å². The van der Waals surface area contributed by atoms with Gasteiger partial charge in [0.1, 0.15) is 5.82 Å². The molecule has 1 aliphatic heterocycles. The number of pyridine rings is 1. The average molecular weight is 322 g/mol. The van der Waals surface area contributed by atoms with Crippen LogP contribution in [0.4, 0.5) is 0 Å². The molecule has 1 aliphatic carbocycles. The van der Waals surface area contributed by atoms with Gasteiger partial charge in [0.25, 0.3) is 5.91 Å². The smallest absolute Gasteiger partial charge is 0.256 e. The molecule has 124 valence electrons. The molecule has 1 saturated heterocycles. The van der Waals surface area contributed by atoms with Crippen LogP contribution >= 0.6 is 0 Å². The Bertz CT molecular complexity index is 697. The lowest BCUT2D eigenvalue weighted by molar-refractivity contribution is 0.0672. The number of piperidine rings is 1. The summed E-state index contributed by atoms with van der Waals surface area (Å²) in [6.07, 6.45) is 12.7. The summed E-state index contributed by atoms with van der Waals surface area (Å²) in [5, 5.41) is 0. The molecule has 0 unspecified atom stereocenters. The van der Waals surface area contributed by atoms with Crippen LogP contribution in [0.15, 0.2) is 36.9 Å². The Kier molecular flexibility index (Phi) is 4.24. The van der Waals surface area contributed by atoms with E-state index in [1.165, 1.54) is 18.4 Å². The second-order valence-corrected chi connectivity index (χ2v) is 6.93. The molecule has 2 aromatic rings. The van der Waals surface area contributed by atoms with E-state index in [-0.39, 0.29) is 5.91 Å². The van der Waals surface area contributed by atoms with E-state index in [4.69, 9.17) is 0 Å². The lowest BCUT2D eigenvalue weighted by Gasteiger charge is -2.32. The third-order valence-electron chi connectivity index (χ3n) is 4.91. The van der Waals surface area contributed by atoms with Gasteiger partial charge in [-0.2, -0.15) is 0 Å². The van der Waals surface area contributed by atoms with Gasteiger partial charge in [-0.05, 0) is 49.7 Å². The fourth-order valence-electron chi connectivity index (χ4n) is 3.45. The van der Waals surface area contributed by atoms with Gasteiger partial charge in [0.2, 0.25) is 0 Å². The zero-order valence-corrected chi connectivity index (χ0v) is 13.8. The summed E-state index contributed by atoms with van der Waals surface area (Å²) in [5.74, 6) is 1.97. The monoisotopic (exact) mass is 322 g/mol. The first-order chi connectivity index (χ1) is 11.8. The summed E-state index contributed by atoms with van der Waals surface area (Å²) in [6, 6.07) is 4.08. The molecule has 2 fully saturated rings. The molecule has 4 rings (SSSR count). The summed E-state index contributed by atoms with van der Waals surface area (Å²) >= 11 is 0. The lowest BCUT2D eigenvalue weighted by Crippen LogP contribution is -2.40. The second kappa shape index (κ2) is 6.67. The van der Waals surface area contributed by atoms with Gasteiger partial charge in [-0.25, -0.2) is 9.97 Å². The first-order valence-corrected chi connectivity index (χ1v) is 8.80. The largest absolute Gasteiger partial charge is 0.338 e. The Morgan fingerprint density at radius 2 is 2.00 bits per heavy atom. The van der Waals surface area contributed by atoms with Crippen molar-refractivity contribution in [3.8, 4) is 0 Å². The molecule has 0 radical (unpaired) electrons.